The highest BCUT2D eigenvalue weighted by Crippen LogP contribution is 2.16. The highest BCUT2D eigenvalue weighted by Gasteiger charge is 2.00. The maximum absolute atomic E-state index is 5.64. The minimum Gasteiger partial charge on any atom is -0.384 e. The summed E-state index contributed by atoms with van der Waals surface area (Å²) in [5, 5.41) is 3.24. The van der Waals surface area contributed by atoms with Gasteiger partial charge in [-0.2, -0.15) is 0 Å². The molecule has 0 aliphatic carbocycles. The average Bonchev–Trinajstić information content (AvgIpc) is 2.60. The zero-order chi connectivity index (χ0) is 11.5. The van der Waals surface area contributed by atoms with Crippen LogP contribution in [-0.4, -0.2) is 9.97 Å². The molecule has 16 heavy (non-hydrogen) atoms. The first kappa shape index (κ1) is 10.9. The monoisotopic (exact) mass is 234 g/mol. The number of nitrogens with one attached hydrogen (secondary N) is 1. The molecular weight excluding hydrogens is 220 g/mol. The molecule has 5 heteroatoms. The second-order valence-corrected chi connectivity index (χ2v) is 4.96. The van der Waals surface area contributed by atoms with E-state index in [0.29, 0.717) is 11.6 Å². The number of nitrogens with zero attached hydrogens (tertiary/aromatic N) is 2. The lowest BCUT2D eigenvalue weighted by Crippen LogP contribution is -2.03. The molecule has 2 aromatic rings. The molecular formula is C11H14N4S. The lowest BCUT2D eigenvalue weighted by molar-refractivity contribution is 1.04. The van der Waals surface area contributed by atoms with Gasteiger partial charge in [-0.1, -0.05) is 0 Å². The molecule has 0 unspecified atom stereocenters. The fraction of sp³-hybridized carbons (Fsp3) is 0.273. The topological polar surface area (TPSA) is 63.8 Å². The molecule has 0 aliphatic heterocycles. The quantitative estimate of drug-likeness (QED) is 0.855. The van der Waals surface area contributed by atoms with Crippen LogP contribution in [0.1, 0.15) is 15.6 Å². The van der Waals surface area contributed by atoms with Crippen molar-refractivity contribution in [2.24, 2.45) is 0 Å². The van der Waals surface area contributed by atoms with Gasteiger partial charge < -0.3 is 11.1 Å². The number of aromatic nitrogens is 2. The minimum atomic E-state index is 0.498. The summed E-state index contributed by atoms with van der Waals surface area (Å²) < 4.78 is 0. The summed E-state index contributed by atoms with van der Waals surface area (Å²) in [6, 6.07) is 5.97. The number of anilines is 2. The van der Waals surface area contributed by atoms with Gasteiger partial charge in [0.2, 0.25) is 0 Å². The van der Waals surface area contributed by atoms with E-state index in [9.17, 15) is 0 Å². The lowest BCUT2D eigenvalue weighted by atomic mass is 10.4. The molecule has 0 saturated heterocycles. The zero-order valence-corrected chi connectivity index (χ0v) is 10.1. The molecule has 3 N–H and O–H groups in total. The van der Waals surface area contributed by atoms with Crippen molar-refractivity contribution in [2.75, 3.05) is 11.1 Å². The van der Waals surface area contributed by atoms with Crippen molar-refractivity contribution in [1.29, 1.82) is 0 Å². The third-order valence-electron chi connectivity index (χ3n) is 2.10. The summed E-state index contributed by atoms with van der Waals surface area (Å²) >= 11 is 1.78. The van der Waals surface area contributed by atoms with Crippen LogP contribution in [-0.2, 0) is 6.54 Å². The molecule has 0 atom stereocenters. The normalized spacial score (nSPS) is 10.4. The Morgan fingerprint density at radius 1 is 1.31 bits per heavy atom. The van der Waals surface area contributed by atoms with Crippen molar-refractivity contribution in [1.82, 2.24) is 9.97 Å². The van der Waals surface area contributed by atoms with Crippen LogP contribution in [0.2, 0.25) is 0 Å². The smallest absolute Gasteiger partial charge is 0.132 e. The van der Waals surface area contributed by atoms with Crippen molar-refractivity contribution < 1.29 is 0 Å². The van der Waals surface area contributed by atoms with Crippen LogP contribution in [0.3, 0.4) is 0 Å². The molecule has 2 aromatic heterocycles. The van der Waals surface area contributed by atoms with Gasteiger partial charge in [-0.15, -0.1) is 11.3 Å². The van der Waals surface area contributed by atoms with Gasteiger partial charge in [-0.05, 0) is 26.0 Å². The van der Waals surface area contributed by atoms with E-state index >= 15 is 0 Å². The largest absolute Gasteiger partial charge is 0.384 e. The van der Waals surface area contributed by atoms with E-state index in [1.807, 2.05) is 6.92 Å². The van der Waals surface area contributed by atoms with Crippen LogP contribution < -0.4 is 11.1 Å². The van der Waals surface area contributed by atoms with Crippen molar-refractivity contribution in [3.63, 3.8) is 0 Å². The van der Waals surface area contributed by atoms with Gasteiger partial charge in [0, 0.05) is 15.8 Å². The molecule has 0 amide bonds. The van der Waals surface area contributed by atoms with E-state index in [0.717, 1.165) is 12.4 Å². The molecule has 4 nitrogen and oxygen atoms in total. The summed E-state index contributed by atoms with van der Waals surface area (Å²) in [5.41, 5.74) is 5.64. The fourth-order valence-electron chi connectivity index (χ4n) is 1.44. The van der Waals surface area contributed by atoms with Gasteiger partial charge in [0.05, 0.1) is 6.54 Å². The SMILES string of the molecule is Cc1nc(N)cc(NCc2ccc(C)s2)n1. The first-order valence-corrected chi connectivity index (χ1v) is 5.85. The van der Waals surface area contributed by atoms with Crippen LogP contribution in [0.15, 0.2) is 18.2 Å². The Balaban J connectivity index is 2.04. The van der Waals surface area contributed by atoms with Crippen molar-refractivity contribution in [3.05, 3.63) is 33.8 Å². The van der Waals surface area contributed by atoms with Crippen molar-refractivity contribution in [2.45, 2.75) is 20.4 Å². The second-order valence-electron chi connectivity index (χ2n) is 3.59. The van der Waals surface area contributed by atoms with Gasteiger partial charge >= 0.3 is 0 Å². The maximum atomic E-state index is 5.64. The second kappa shape index (κ2) is 4.49. The molecule has 2 heterocycles. The predicted molar refractivity (Wildman–Crippen MR) is 67.6 cm³/mol. The van der Waals surface area contributed by atoms with Crippen LogP contribution in [0.5, 0.6) is 0 Å². The predicted octanol–water partition coefficient (Wildman–Crippen LogP) is 2.35. The molecule has 0 fully saturated rings. The Bertz CT molecular complexity index is 472. The van der Waals surface area contributed by atoms with E-state index in [-0.39, 0.29) is 0 Å². The first-order valence-electron chi connectivity index (χ1n) is 5.04. The number of rotatable bonds is 3. The molecule has 0 saturated carbocycles. The van der Waals surface area contributed by atoms with Gasteiger partial charge in [-0.3, -0.25) is 0 Å². The van der Waals surface area contributed by atoms with Gasteiger partial charge in [0.15, 0.2) is 0 Å². The van der Waals surface area contributed by atoms with Crippen LogP contribution in [0, 0.1) is 13.8 Å². The Kier molecular flexibility index (Phi) is 3.05. The van der Waals surface area contributed by atoms with E-state index in [4.69, 9.17) is 5.73 Å². The highest BCUT2D eigenvalue weighted by molar-refractivity contribution is 7.11. The molecule has 2 rings (SSSR count). The number of hydrogen-bond donors (Lipinski definition) is 2. The molecule has 0 radical (unpaired) electrons. The van der Waals surface area contributed by atoms with Crippen molar-refractivity contribution >= 4 is 23.0 Å². The zero-order valence-electron chi connectivity index (χ0n) is 9.32. The summed E-state index contributed by atoms with van der Waals surface area (Å²) in [7, 11) is 0. The van der Waals surface area contributed by atoms with Gasteiger partial charge in [0.25, 0.3) is 0 Å². The number of nitrogen functional groups attached to an aromatic ring is 1. The number of hydrogen-bond acceptors (Lipinski definition) is 5. The third-order valence-corrected chi connectivity index (χ3v) is 3.10. The van der Waals surface area contributed by atoms with Gasteiger partial charge in [-0.25, -0.2) is 9.97 Å². The van der Waals surface area contributed by atoms with Gasteiger partial charge in [0.1, 0.15) is 17.5 Å². The Labute approximate surface area is 98.6 Å². The number of aryl methyl sites for hydroxylation is 2. The molecule has 84 valence electrons. The van der Waals surface area contributed by atoms with E-state index in [1.165, 1.54) is 9.75 Å². The summed E-state index contributed by atoms with van der Waals surface area (Å²) in [6.07, 6.45) is 0. The third kappa shape index (κ3) is 2.70. The van der Waals surface area contributed by atoms with Crippen LogP contribution in [0.4, 0.5) is 11.6 Å². The molecule has 0 bridgehead atoms. The molecule has 0 spiro atoms. The average molecular weight is 234 g/mol. The number of nitrogens with two attached hydrogens (primary N) is 1. The number of thiophene rings is 1. The van der Waals surface area contributed by atoms with E-state index < -0.39 is 0 Å². The van der Waals surface area contributed by atoms with Crippen molar-refractivity contribution in [3.8, 4) is 0 Å². The summed E-state index contributed by atoms with van der Waals surface area (Å²) in [5.74, 6) is 1.96. The first-order chi connectivity index (χ1) is 7.63. The van der Waals surface area contributed by atoms with Crippen LogP contribution >= 0.6 is 11.3 Å². The molecule has 0 aromatic carbocycles. The fourth-order valence-corrected chi connectivity index (χ4v) is 2.27. The van der Waals surface area contributed by atoms with Crippen LogP contribution in [0.25, 0.3) is 0 Å². The maximum Gasteiger partial charge on any atom is 0.132 e. The Morgan fingerprint density at radius 2 is 2.12 bits per heavy atom. The standard InChI is InChI=1S/C11H14N4S/c1-7-3-4-9(16-7)6-13-11-5-10(12)14-8(2)15-11/h3-5H,6H2,1-2H3,(H3,12,13,14,15). The highest BCUT2D eigenvalue weighted by atomic mass is 32.1. The summed E-state index contributed by atoms with van der Waals surface area (Å²) in [4.78, 5) is 10.9. The molecule has 0 aliphatic rings. The summed E-state index contributed by atoms with van der Waals surface area (Å²) in [6.45, 7) is 4.70. The lowest BCUT2D eigenvalue weighted by Gasteiger charge is -2.05. The Morgan fingerprint density at radius 3 is 2.75 bits per heavy atom. The Hall–Kier alpha value is -1.62. The van der Waals surface area contributed by atoms with E-state index in [1.54, 1.807) is 17.4 Å². The minimum absolute atomic E-state index is 0.498. The van der Waals surface area contributed by atoms with E-state index in [2.05, 4.69) is 34.3 Å².